The summed E-state index contributed by atoms with van der Waals surface area (Å²) in [7, 11) is 0. The fourth-order valence-corrected chi connectivity index (χ4v) is 9.22. The maximum Gasteiger partial charge on any atom is 0.235 e. The average Bonchev–Trinajstić information content (AvgIpc) is 3.77. The Balaban J connectivity index is 1.17. The van der Waals surface area contributed by atoms with Gasteiger partial charge in [-0.1, -0.05) is 146 Å². The number of fused-ring (bicyclic) bond motifs is 9. The van der Waals surface area contributed by atoms with Crippen molar-refractivity contribution in [2.24, 2.45) is 0 Å². The molecule has 3 nitrogen and oxygen atoms in total. The second-order valence-electron chi connectivity index (χ2n) is 13.4. The van der Waals surface area contributed by atoms with Crippen LogP contribution in [-0.4, -0.2) is 14.5 Å². The zero-order valence-corrected chi connectivity index (χ0v) is 28.8. The zero-order valence-electron chi connectivity index (χ0n) is 28.0. The van der Waals surface area contributed by atoms with E-state index in [1.807, 2.05) is 11.3 Å². The quantitative estimate of drug-likeness (QED) is 0.185. The lowest BCUT2D eigenvalue weighted by Gasteiger charge is -2.12. The molecule has 11 rings (SSSR count). The summed E-state index contributed by atoms with van der Waals surface area (Å²) in [5, 5.41) is 8.48. The van der Waals surface area contributed by atoms with Crippen molar-refractivity contribution in [3.05, 3.63) is 176 Å². The van der Waals surface area contributed by atoms with E-state index in [0.717, 1.165) is 33.2 Å². The minimum atomic E-state index is 0.662. The van der Waals surface area contributed by atoms with Crippen LogP contribution in [0.2, 0.25) is 0 Å². The molecule has 8 aromatic carbocycles. The van der Waals surface area contributed by atoms with Crippen molar-refractivity contribution in [2.75, 3.05) is 0 Å². The number of aromatic nitrogens is 3. The minimum absolute atomic E-state index is 0.662. The van der Waals surface area contributed by atoms with Crippen LogP contribution in [0, 0.1) is 0 Å². The van der Waals surface area contributed by atoms with Gasteiger partial charge in [-0.05, 0) is 63.4 Å². The Labute approximate surface area is 303 Å². The normalized spacial score (nSPS) is 11.8. The van der Waals surface area contributed by atoms with Crippen LogP contribution in [0.5, 0.6) is 0 Å². The van der Waals surface area contributed by atoms with Crippen molar-refractivity contribution in [1.29, 1.82) is 0 Å². The number of hydrogen-bond acceptors (Lipinski definition) is 3. The third-order valence-electron chi connectivity index (χ3n) is 10.4. The molecule has 0 radical (unpaired) electrons. The van der Waals surface area contributed by atoms with Crippen LogP contribution in [0.15, 0.2) is 176 Å². The van der Waals surface area contributed by atoms with Crippen molar-refractivity contribution < 1.29 is 0 Å². The Morgan fingerprint density at radius 2 is 1.10 bits per heavy atom. The Bertz CT molecular complexity index is 3170. The SMILES string of the molecule is c1ccc(-c2ccc(-c3nc(-n4c5ccc(-c6cccc7c6sc6ccccc67)cc5c5c6ccccc6ccc54)nc4ccccc34)cc2)cc1. The first-order chi connectivity index (χ1) is 25.8. The number of hydrogen-bond donors (Lipinski definition) is 0. The smallest absolute Gasteiger partial charge is 0.235 e. The van der Waals surface area contributed by atoms with Gasteiger partial charge < -0.3 is 0 Å². The fraction of sp³-hybridized carbons (Fsp3) is 0. The lowest BCUT2D eigenvalue weighted by Crippen LogP contribution is -2.03. The monoisotopic (exact) mass is 679 g/mol. The van der Waals surface area contributed by atoms with E-state index in [-0.39, 0.29) is 0 Å². The second kappa shape index (κ2) is 11.5. The molecule has 0 bridgehead atoms. The zero-order chi connectivity index (χ0) is 34.2. The van der Waals surface area contributed by atoms with Gasteiger partial charge in [0.1, 0.15) is 0 Å². The largest absolute Gasteiger partial charge is 0.278 e. The first kappa shape index (κ1) is 29.1. The topological polar surface area (TPSA) is 30.7 Å². The Kier molecular flexibility index (Phi) is 6.42. The van der Waals surface area contributed by atoms with Gasteiger partial charge in [0.25, 0.3) is 0 Å². The number of nitrogens with zero attached hydrogens (tertiary/aromatic N) is 3. The summed E-state index contributed by atoms with van der Waals surface area (Å²) >= 11 is 1.87. The van der Waals surface area contributed by atoms with Gasteiger partial charge in [0.15, 0.2) is 0 Å². The molecule has 52 heavy (non-hydrogen) atoms. The predicted octanol–water partition coefficient (Wildman–Crippen LogP) is 13.2. The molecule has 3 aromatic heterocycles. The molecule has 3 heterocycles. The van der Waals surface area contributed by atoms with Crippen molar-refractivity contribution in [3.8, 4) is 39.5 Å². The van der Waals surface area contributed by atoms with Gasteiger partial charge in [0.2, 0.25) is 5.95 Å². The number of para-hydroxylation sites is 1. The van der Waals surface area contributed by atoms with E-state index in [9.17, 15) is 0 Å². The summed E-state index contributed by atoms with van der Waals surface area (Å²) in [4.78, 5) is 10.6. The number of rotatable bonds is 4. The molecular weight excluding hydrogens is 651 g/mol. The molecule has 0 saturated heterocycles. The van der Waals surface area contributed by atoms with Crippen LogP contribution in [0.25, 0.3) is 103 Å². The van der Waals surface area contributed by atoms with E-state index in [1.54, 1.807) is 0 Å². The van der Waals surface area contributed by atoms with Crippen LogP contribution in [-0.2, 0) is 0 Å². The van der Waals surface area contributed by atoms with Crippen LogP contribution < -0.4 is 0 Å². The van der Waals surface area contributed by atoms with Gasteiger partial charge in [-0.3, -0.25) is 4.57 Å². The van der Waals surface area contributed by atoms with Crippen molar-refractivity contribution >= 4 is 75.0 Å². The van der Waals surface area contributed by atoms with E-state index >= 15 is 0 Å². The summed E-state index contributed by atoms with van der Waals surface area (Å²) in [6.45, 7) is 0. The fourth-order valence-electron chi connectivity index (χ4n) is 7.98. The maximum atomic E-state index is 5.40. The molecule has 11 aromatic rings. The molecule has 0 aliphatic rings. The highest BCUT2D eigenvalue weighted by Crippen LogP contribution is 2.43. The lowest BCUT2D eigenvalue weighted by atomic mass is 9.99. The van der Waals surface area contributed by atoms with Crippen molar-refractivity contribution in [2.45, 2.75) is 0 Å². The molecule has 0 unspecified atom stereocenters. The Morgan fingerprint density at radius 3 is 1.98 bits per heavy atom. The maximum absolute atomic E-state index is 5.40. The Morgan fingerprint density at radius 1 is 0.423 bits per heavy atom. The molecule has 4 heteroatoms. The second-order valence-corrected chi connectivity index (χ2v) is 14.4. The number of benzene rings is 8. The molecule has 242 valence electrons. The number of thiophene rings is 1. The first-order valence-corrected chi connectivity index (χ1v) is 18.4. The van der Waals surface area contributed by atoms with Gasteiger partial charge in [-0.2, -0.15) is 0 Å². The van der Waals surface area contributed by atoms with E-state index in [4.69, 9.17) is 9.97 Å². The summed E-state index contributed by atoms with van der Waals surface area (Å²) < 4.78 is 4.89. The lowest BCUT2D eigenvalue weighted by molar-refractivity contribution is 1.01. The summed E-state index contributed by atoms with van der Waals surface area (Å²) in [5.41, 5.74) is 9.90. The summed E-state index contributed by atoms with van der Waals surface area (Å²) in [6, 6.07) is 63.0. The van der Waals surface area contributed by atoms with E-state index in [2.05, 4.69) is 180 Å². The molecule has 0 N–H and O–H groups in total. The van der Waals surface area contributed by atoms with Crippen LogP contribution in [0.1, 0.15) is 0 Å². The first-order valence-electron chi connectivity index (χ1n) is 17.6. The highest BCUT2D eigenvalue weighted by atomic mass is 32.1. The van der Waals surface area contributed by atoms with Crippen molar-refractivity contribution in [1.82, 2.24) is 14.5 Å². The highest BCUT2D eigenvalue weighted by molar-refractivity contribution is 7.26. The van der Waals surface area contributed by atoms with Gasteiger partial charge in [-0.15, -0.1) is 11.3 Å². The van der Waals surface area contributed by atoms with Gasteiger partial charge in [0, 0.05) is 41.9 Å². The molecule has 0 spiro atoms. The van der Waals surface area contributed by atoms with E-state index in [1.165, 1.54) is 64.0 Å². The summed E-state index contributed by atoms with van der Waals surface area (Å²) in [5.74, 6) is 0.662. The third kappa shape index (κ3) is 4.45. The van der Waals surface area contributed by atoms with Crippen molar-refractivity contribution in [3.63, 3.8) is 0 Å². The molecule has 0 aliphatic heterocycles. The van der Waals surface area contributed by atoms with Crippen LogP contribution in [0.3, 0.4) is 0 Å². The average molecular weight is 680 g/mol. The van der Waals surface area contributed by atoms with Crippen LogP contribution >= 0.6 is 11.3 Å². The molecule has 0 amide bonds. The third-order valence-corrected chi connectivity index (χ3v) is 11.6. The molecule has 0 saturated carbocycles. The van der Waals surface area contributed by atoms with Crippen LogP contribution in [0.4, 0.5) is 0 Å². The Hall–Kier alpha value is -6.62. The van der Waals surface area contributed by atoms with E-state index < -0.39 is 0 Å². The minimum Gasteiger partial charge on any atom is -0.278 e. The highest BCUT2D eigenvalue weighted by Gasteiger charge is 2.20. The standard InChI is InChI=1S/C48H29N3S/c1-2-11-30(12-3-1)31-21-23-33(24-22-31)46-39-16-6-8-19-41(39)49-48(50-46)51-42-27-26-34(29-40(42)45-35-14-5-4-13-32(35)25-28-43(45)51)36-17-10-18-38-37-15-7-9-20-44(37)52-47(36)38/h1-29H. The summed E-state index contributed by atoms with van der Waals surface area (Å²) in [6.07, 6.45) is 0. The molecular formula is C48H29N3S. The molecule has 0 fully saturated rings. The van der Waals surface area contributed by atoms with Gasteiger partial charge in [0.05, 0.1) is 22.2 Å². The van der Waals surface area contributed by atoms with E-state index in [0.29, 0.717) is 5.95 Å². The molecule has 0 aliphatic carbocycles. The molecule has 0 atom stereocenters. The van der Waals surface area contributed by atoms with Gasteiger partial charge >= 0.3 is 0 Å². The van der Waals surface area contributed by atoms with Gasteiger partial charge in [-0.25, -0.2) is 9.97 Å². The predicted molar refractivity (Wildman–Crippen MR) is 221 cm³/mol.